The Bertz CT molecular complexity index is 675. The highest BCUT2D eigenvalue weighted by atomic mass is 35.5. The standard InChI is InChI=1S/C13H6Cl3NOS/c14-7-1-2-8(10(15)5-7)9(6-17)13(18)11-3-4-12(16)19-11/h1-5,9H. The third-order valence-corrected chi connectivity index (χ3v) is 4.29. The minimum atomic E-state index is -0.959. The number of halogens is 3. The van der Waals surface area contributed by atoms with Gasteiger partial charge in [0.2, 0.25) is 0 Å². The van der Waals surface area contributed by atoms with Gasteiger partial charge in [-0.05, 0) is 29.8 Å². The highest BCUT2D eigenvalue weighted by Gasteiger charge is 2.25. The summed E-state index contributed by atoms with van der Waals surface area (Å²) < 4.78 is 0.502. The molecule has 1 unspecified atom stereocenters. The Hall–Kier alpha value is -1.05. The van der Waals surface area contributed by atoms with Gasteiger partial charge in [0, 0.05) is 10.0 Å². The van der Waals surface area contributed by atoms with E-state index in [-0.39, 0.29) is 5.78 Å². The first-order valence-corrected chi connectivity index (χ1v) is 7.12. The number of nitrogens with zero attached hydrogens (tertiary/aromatic N) is 1. The predicted molar refractivity (Wildman–Crippen MR) is 78.5 cm³/mol. The number of hydrogen-bond acceptors (Lipinski definition) is 3. The van der Waals surface area contributed by atoms with Crippen LogP contribution in [0, 0.1) is 11.3 Å². The summed E-state index contributed by atoms with van der Waals surface area (Å²) in [5, 5.41) is 9.98. The van der Waals surface area contributed by atoms with E-state index in [4.69, 9.17) is 34.8 Å². The number of nitriles is 1. The predicted octanol–water partition coefficient (Wildman–Crippen LogP) is 5.20. The van der Waals surface area contributed by atoms with Crippen LogP contribution >= 0.6 is 46.1 Å². The Morgan fingerprint density at radius 2 is 1.95 bits per heavy atom. The average Bonchev–Trinajstić information content (AvgIpc) is 2.79. The molecule has 2 aromatic rings. The molecule has 0 spiro atoms. The minimum Gasteiger partial charge on any atom is -0.291 e. The fourth-order valence-electron chi connectivity index (χ4n) is 1.59. The van der Waals surface area contributed by atoms with E-state index in [2.05, 4.69) is 0 Å². The van der Waals surface area contributed by atoms with Crippen LogP contribution in [0.2, 0.25) is 14.4 Å². The number of carbonyl (C=O) groups excluding carboxylic acids is 1. The van der Waals surface area contributed by atoms with Crippen LogP contribution in [0.5, 0.6) is 0 Å². The smallest absolute Gasteiger partial charge is 0.194 e. The van der Waals surface area contributed by atoms with E-state index in [1.807, 2.05) is 6.07 Å². The molecule has 2 nitrogen and oxygen atoms in total. The lowest BCUT2D eigenvalue weighted by Crippen LogP contribution is -2.10. The lowest BCUT2D eigenvalue weighted by Gasteiger charge is -2.09. The molecule has 2 rings (SSSR count). The maximum atomic E-state index is 12.3. The molecule has 0 N–H and O–H groups in total. The Morgan fingerprint density at radius 1 is 1.21 bits per heavy atom. The first-order chi connectivity index (χ1) is 9.02. The molecular formula is C13H6Cl3NOS. The molecule has 0 radical (unpaired) electrons. The Balaban J connectivity index is 2.40. The monoisotopic (exact) mass is 329 g/mol. The summed E-state index contributed by atoms with van der Waals surface area (Å²) in [6.45, 7) is 0. The Morgan fingerprint density at radius 3 is 2.47 bits per heavy atom. The number of Topliss-reactive ketones (excluding diaryl/α,β-unsaturated/α-hetero) is 1. The minimum absolute atomic E-state index is 0.301. The maximum Gasteiger partial charge on any atom is 0.194 e. The molecule has 0 saturated carbocycles. The van der Waals surface area contributed by atoms with Gasteiger partial charge in [-0.1, -0.05) is 40.9 Å². The summed E-state index contributed by atoms with van der Waals surface area (Å²) in [5.41, 5.74) is 0.447. The van der Waals surface area contributed by atoms with Crippen LogP contribution in [0.1, 0.15) is 21.2 Å². The first-order valence-electron chi connectivity index (χ1n) is 5.17. The van der Waals surface area contributed by atoms with E-state index < -0.39 is 5.92 Å². The summed E-state index contributed by atoms with van der Waals surface area (Å²) in [6, 6.07) is 9.90. The second-order valence-electron chi connectivity index (χ2n) is 3.70. The van der Waals surface area contributed by atoms with Crippen LogP contribution in [0.15, 0.2) is 30.3 Å². The Kier molecular flexibility index (Phi) is 4.49. The van der Waals surface area contributed by atoms with Crippen LogP contribution in [0.4, 0.5) is 0 Å². The van der Waals surface area contributed by atoms with Gasteiger partial charge in [0.15, 0.2) is 5.78 Å². The number of benzene rings is 1. The van der Waals surface area contributed by atoms with Crippen LogP contribution in [0.25, 0.3) is 0 Å². The van der Waals surface area contributed by atoms with Gasteiger partial charge in [0.25, 0.3) is 0 Å². The lowest BCUT2D eigenvalue weighted by molar-refractivity contribution is 0.0983. The second-order valence-corrected chi connectivity index (χ2v) is 6.25. The van der Waals surface area contributed by atoms with Gasteiger partial charge < -0.3 is 0 Å². The third-order valence-electron chi connectivity index (χ3n) is 2.48. The van der Waals surface area contributed by atoms with Crippen LogP contribution in [0.3, 0.4) is 0 Å². The molecule has 1 atom stereocenters. The third kappa shape index (κ3) is 3.10. The molecule has 0 bridgehead atoms. The van der Waals surface area contributed by atoms with E-state index in [0.717, 1.165) is 11.3 Å². The SMILES string of the molecule is N#CC(C(=O)c1ccc(Cl)s1)c1ccc(Cl)cc1Cl. The normalized spacial score (nSPS) is 11.9. The van der Waals surface area contributed by atoms with Crippen molar-refractivity contribution in [3.63, 3.8) is 0 Å². The quantitative estimate of drug-likeness (QED) is 0.726. The topological polar surface area (TPSA) is 40.9 Å². The summed E-state index contributed by atoms with van der Waals surface area (Å²) in [6.07, 6.45) is 0. The molecule has 1 aromatic heterocycles. The van der Waals surface area contributed by atoms with Crippen LogP contribution in [-0.4, -0.2) is 5.78 Å². The van der Waals surface area contributed by atoms with Crippen molar-refractivity contribution in [2.75, 3.05) is 0 Å². The van der Waals surface area contributed by atoms with Crippen molar-refractivity contribution in [2.24, 2.45) is 0 Å². The van der Waals surface area contributed by atoms with Crippen molar-refractivity contribution in [1.29, 1.82) is 5.26 Å². The summed E-state index contributed by atoms with van der Waals surface area (Å²) in [7, 11) is 0. The molecule has 0 aliphatic carbocycles. The van der Waals surface area contributed by atoms with Crippen molar-refractivity contribution in [3.8, 4) is 6.07 Å². The van der Waals surface area contributed by atoms with E-state index in [1.165, 1.54) is 6.07 Å². The van der Waals surface area contributed by atoms with Crippen molar-refractivity contribution >= 4 is 51.9 Å². The molecule has 0 aliphatic heterocycles. The number of thiophene rings is 1. The fourth-order valence-corrected chi connectivity index (χ4v) is 3.12. The van der Waals surface area contributed by atoms with Crippen LogP contribution < -0.4 is 0 Å². The second kappa shape index (κ2) is 5.94. The van der Waals surface area contributed by atoms with E-state index in [1.54, 1.807) is 24.3 Å². The van der Waals surface area contributed by atoms with Gasteiger partial charge in [-0.25, -0.2) is 0 Å². The summed E-state index contributed by atoms with van der Waals surface area (Å²) in [4.78, 5) is 12.7. The molecule has 0 amide bonds. The zero-order chi connectivity index (χ0) is 14.0. The first kappa shape index (κ1) is 14.4. The molecular weight excluding hydrogens is 325 g/mol. The lowest BCUT2D eigenvalue weighted by atomic mass is 9.95. The van der Waals surface area contributed by atoms with E-state index in [9.17, 15) is 10.1 Å². The van der Waals surface area contributed by atoms with Crippen molar-refractivity contribution in [2.45, 2.75) is 5.92 Å². The van der Waals surface area contributed by atoms with Crippen molar-refractivity contribution in [3.05, 3.63) is 55.2 Å². The van der Waals surface area contributed by atoms with E-state index in [0.29, 0.717) is 24.8 Å². The molecule has 0 saturated heterocycles. The molecule has 1 heterocycles. The van der Waals surface area contributed by atoms with Gasteiger partial charge in [-0.2, -0.15) is 5.26 Å². The van der Waals surface area contributed by atoms with Gasteiger partial charge in [0.1, 0.15) is 5.92 Å². The van der Waals surface area contributed by atoms with Gasteiger partial charge in [0.05, 0.1) is 15.3 Å². The van der Waals surface area contributed by atoms with Gasteiger partial charge >= 0.3 is 0 Å². The maximum absolute atomic E-state index is 12.3. The number of rotatable bonds is 3. The highest BCUT2D eigenvalue weighted by molar-refractivity contribution is 7.18. The molecule has 0 aliphatic rings. The summed E-state index contributed by atoms with van der Waals surface area (Å²) >= 11 is 18.8. The molecule has 6 heteroatoms. The van der Waals surface area contributed by atoms with Gasteiger partial charge in [-0.15, -0.1) is 11.3 Å². The number of ketones is 1. The largest absolute Gasteiger partial charge is 0.291 e. The molecule has 0 fully saturated rings. The van der Waals surface area contributed by atoms with Crippen molar-refractivity contribution < 1.29 is 4.79 Å². The fraction of sp³-hybridized carbons (Fsp3) is 0.0769. The average molecular weight is 331 g/mol. The van der Waals surface area contributed by atoms with Crippen LogP contribution in [-0.2, 0) is 0 Å². The zero-order valence-corrected chi connectivity index (χ0v) is 12.4. The van der Waals surface area contributed by atoms with E-state index >= 15 is 0 Å². The molecule has 19 heavy (non-hydrogen) atoms. The zero-order valence-electron chi connectivity index (χ0n) is 9.36. The number of hydrogen-bond donors (Lipinski definition) is 0. The summed E-state index contributed by atoms with van der Waals surface area (Å²) in [5.74, 6) is -1.27. The van der Waals surface area contributed by atoms with Gasteiger partial charge in [-0.3, -0.25) is 4.79 Å². The van der Waals surface area contributed by atoms with Crippen molar-refractivity contribution in [1.82, 2.24) is 0 Å². The molecule has 1 aromatic carbocycles. The number of carbonyl (C=O) groups is 1. The Labute approximate surface area is 129 Å². The highest BCUT2D eigenvalue weighted by Crippen LogP contribution is 2.32. The molecule has 96 valence electrons.